The van der Waals surface area contributed by atoms with Crippen LogP contribution in [0.25, 0.3) is 10.9 Å². The van der Waals surface area contributed by atoms with Gasteiger partial charge in [-0.2, -0.15) is 0 Å². The van der Waals surface area contributed by atoms with Gasteiger partial charge < -0.3 is 19.8 Å². The summed E-state index contributed by atoms with van der Waals surface area (Å²) in [5.41, 5.74) is 1.60. The zero-order valence-electron chi connectivity index (χ0n) is 15.2. The number of aromatic amines is 1. The first-order valence-electron chi connectivity index (χ1n) is 8.64. The van der Waals surface area contributed by atoms with Crippen LogP contribution >= 0.6 is 0 Å². The lowest BCUT2D eigenvalue weighted by Crippen LogP contribution is -2.42. The molecule has 0 saturated heterocycles. The van der Waals surface area contributed by atoms with Gasteiger partial charge in [-0.3, -0.25) is 9.59 Å². The summed E-state index contributed by atoms with van der Waals surface area (Å²) in [7, 11) is 0. The molecule has 26 heavy (non-hydrogen) atoms. The number of nitrogens with one attached hydrogen (secondary N) is 2. The maximum absolute atomic E-state index is 12.6. The number of benzene rings is 1. The Morgan fingerprint density at radius 2 is 1.73 bits per heavy atom. The van der Waals surface area contributed by atoms with Crippen LogP contribution in [-0.4, -0.2) is 42.1 Å². The van der Waals surface area contributed by atoms with E-state index in [-0.39, 0.29) is 25.5 Å². The van der Waals surface area contributed by atoms with Gasteiger partial charge in [0.1, 0.15) is 6.04 Å². The number of esters is 2. The maximum atomic E-state index is 12.6. The number of hydrogen-bond donors (Lipinski definition) is 2. The van der Waals surface area contributed by atoms with Crippen molar-refractivity contribution in [1.29, 1.82) is 0 Å². The maximum Gasteiger partial charge on any atom is 0.328 e. The van der Waals surface area contributed by atoms with Gasteiger partial charge in [0.05, 0.1) is 19.1 Å². The van der Waals surface area contributed by atoms with Crippen molar-refractivity contribution in [2.24, 2.45) is 0 Å². The number of aromatic nitrogens is 1. The van der Waals surface area contributed by atoms with E-state index in [1.807, 2.05) is 24.3 Å². The molecule has 1 amide bonds. The molecule has 2 atom stereocenters. The molecule has 2 aromatic rings. The third-order valence-corrected chi connectivity index (χ3v) is 3.99. The molecule has 0 aliphatic rings. The van der Waals surface area contributed by atoms with Gasteiger partial charge in [0.2, 0.25) is 5.91 Å². The van der Waals surface area contributed by atoms with E-state index in [0.29, 0.717) is 0 Å². The van der Waals surface area contributed by atoms with Crippen LogP contribution in [0.2, 0.25) is 0 Å². The van der Waals surface area contributed by atoms with Crippen molar-refractivity contribution in [3.8, 4) is 0 Å². The summed E-state index contributed by atoms with van der Waals surface area (Å²) in [5.74, 6) is -2.11. The smallest absolute Gasteiger partial charge is 0.328 e. The average Bonchev–Trinajstić information content (AvgIpc) is 3.02. The van der Waals surface area contributed by atoms with Crippen molar-refractivity contribution in [2.75, 3.05) is 13.2 Å². The molecule has 0 aliphatic carbocycles. The second-order valence-corrected chi connectivity index (χ2v) is 5.84. The molecule has 0 unspecified atom stereocenters. The van der Waals surface area contributed by atoms with Gasteiger partial charge in [-0.1, -0.05) is 18.2 Å². The average molecular weight is 360 g/mol. The Labute approximate surface area is 152 Å². The molecule has 7 heteroatoms. The Hall–Kier alpha value is -2.83. The van der Waals surface area contributed by atoms with Crippen LogP contribution in [0.3, 0.4) is 0 Å². The monoisotopic (exact) mass is 360 g/mol. The Morgan fingerprint density at radius 3 is 2.38 bits per heavy atom. The van der Waals surface area contributed by atoms with Crippen molar-refractivity contribution in [2.45, 2.75) is 39.2 Å². The van der Waals surface area contributed by atoms with E-state index in [1.165, 1.54) is 6.92 Å². The van der Waals surface area contributed by atoms with Crippen molar-refractivity contribution >= 4 is 28.7 Å². The first kappa shape index (κ1) is 19.5. The second-order valence-electron chi connectivity index (χ2n) is 5.84. The van der Waals surface area contributed by atoms with E-state index in [4.69, 9.17) is 9.47 Å². The number of H-pyrrole nitrogens is 1. The highest BCUT2D eigenvalue weighted by Crippen LogP contribution is 2.30. The summed E-state index contributed by atoms with van der Waals surface area (Å²) in [6.07, 6.45) is 1.79. The number of ether oxygens (including phenoxy) is 2. The van der Waals surface area contributed by atoms with Crippen molar-refractivity contribution in [1.82, 2.24) is 10.3 Å². The van der Waals surface area contributed by atoms with Crippen molar-refractivity contribution in [3.05, 3.63) is 36.0 Å². The van der Waals surface area contributed by atoms with Crippen molar-refractivity contribution in [3.63, 3.8) is 0 Å². The Balaban J connectivity index is 2.38. The Kier molecular flexibility index (Phi) is 6.77. The predicted molar refractivity (Wildman–Crippen MR) is 96.5 cm³/mol. The van der Waals surface area contributed by atoms with Crippen LogP contribution in [0.5, 0.6) is 0 Å². The van der Waals surface area contributed by atoms with Gasteiger partial charge in [-0.05, 0) is 31.9 Å². The quantitative estimate of drug-likeness (QED) is 0.704. The third-order valence-electron chi connectivity index (χ3n) is 3.99. The fraction of sp³-hybridized carbons (Fsp3) is 0.421. The molecule has 0 saturated carbocycles. The van der Waals surface area contributed by atoms with Crippen LogP contribution in [0.1, 0.15) is 38.7 Å². The predicted octanol–water partition coefficient (Wildman–Crippen LogP) is 2.27. The van der Waals surface area contributed by atoms with Crippen molar-refractivity contribution < 1.29 is 23.9 Å². The normalized spacial score (nSPS) is 13.0. The van der Waals surface area contributed by atoms with Crippen LogP contribution < -0.4 is 5.32 Å². The number of hydrogen-bond acceptors (Lipinski definition) is 5. The summed E-state index contributed by atoms with van der Waals surface area (Å²) >= 11 is 0. The fourth-order valence-electron chi connectivity index (χ4n) is 2.91. The van der Waals surface area contributed by atoms with Gasteiger partial charge in [-0.15, -0.1) is 0 Å². The molecular formula is C19H24N2O5. The van der Waals surface area contributed by atoms with Gasteiger partial charge >= 0.3 is 11.9 Å². The minimum absolute atomic E-state index is 0.0547. The number of carbonyl (C=O) groups excluding carboxylic acids is 3. The molecule has 1 aromatic heterocycles. The molecule has 0 spiro atoms. The minimum atomic E-state index is -0.935. The molecule has 1 aromatic carbocycles. The van der Waals surface area contributed by atoms with Crippen LogP contribution in [0, 0.1) is 0 Å². The van der Waals surface area contributed by atoms with Crippen LogP contribution in [0.4, 0.5) is 0 Å². The summed E-state index contributed by atoms with van der Waals surface area (Å²) in [4.78, 5) is 39.4. The highest BCUT2D eigenvalue weighted by molar-refractivity contribution is 5.91. The first-order chi connectivity index (χ1) is 12.5. The highest BCUT2D eigenvalue weighted by atomic mass is 16.5. The summed E-state index contributed by atoms with van der Waals surface area (Å²) in [5, 5.41) is 3.44. The standard InChI is InChI=1S/C19H24N2O5/c1-4-25-18(23)14(10-17(21-12(3)22)19(24)26-5-2)15-11-20-16-9-7-6-8-13(15)16/h6-9,11,14,17,20H,4-5,10H2,1-3H3,(H,21,22)/t14-,17-/m0/s1. The summed E-state index contributed by atoms with van der Waals surface area (Å²) in [6, 6.07) is 6.62. The Morgan fingerprint density at radius 1 is 1.08 bits per heavy atom. The van der Waals surface area contributed by atoms with E-state index < -0.39 is 23.9 Å². The SMILES string of the molecule is CCOC(=O)[C@H](C[C@H](C(=O)OCC)c1c[nH]c2ccccc12)NC(C)=O. The molecule has 2 rings (SSSR count). The number of para-hydroxylation sites is 1. The van der Waals surface area contributed by atoms with E-state index in [9.17, 15) is 14.4 Å². The molecule has 1 heterocycles. The lowest BCUT2D eigenvalue weighted by atomic mass is 9.91. The number of rotatable bonds is 8. The van der Waals surface area contributed by atoms with E-state index >= 15 is 0 Å². The summed E-state index contributed by atoms with van der Waals surface area (Å²) in [6.45, 7) is 5.14. The van der Waals surface area contributed by atoms with Gasteiger partial charge in [-0.25, -0.2) is 4.79 Å². The van der Waals surface area contributed by atoms with E-state index in [1.54, 1.807) is 20.0 Å². The topological polar surface area (TPSA) is 97.5 Å². The lowest BCUT2D eigenvalue weighted by Gasteiger charge is -2.21. The third kappa shape index (κ3) is 4.62. The Bertz CT molecular complexity index is 783. The molecule has 7 nitrogen and oxygen atoms in total. The molecule has 2 N–H and O–H groups in total. The summed E-state index contributed by atoms with van der Waals surface area (Å²) < 4.78 is 10.2. The van der Waals surface area contributed by atoms with E-state index in [0.717, 1.165) is 16.5 Å². The lowest BCUT2D eigenvalue weighted by molar-refractivity contribution is -0.149. The van der Waals surface area contributed by atoms with Crippen LogP contribution in [0.15, 0.2) is 30.5 Å². The number of carbonyl (C=O) groups is 3. The second kappa shape index (κ2) is 9.03. The van der Waals surface area contributed by atoms with Gasteiger partial charge in [0.25, 0.3) is 0 Å². The van der Waals surface area contributed by atoms with Gasteiger partial charge in [0, 0.05) is 24.0 Å². The fourth-order valence-corrected chi connectivity index (χ4v) is 2.91. The molecule has 0 aliphatic heterocycles. The number of amides is 1. The largest absolute Gasteiger partial charge is 0.466 e. The molecule has 0 radical (unpaired) electrons. The number of fused-ring (bicyclic) bond motifs is 1. The van der Waals surface area contributed by atoms with E-state index in [2.05, 4.69) is 10.3 Å². The van der Waals surface area contributed by atoms with Gasteiger partial charge in [0.15, 0.2) is 0 Å². The minimum Gasteiger partial charge on any atom is -0.466 e. The first-order valence-corrected chi connectivity index (χ1v) is 8.64. The zero-order valence-corrected chi connectivity index (χ0v) is 15.2. The van der Waals surface area contributed by atoms with Crippen LogP contribution in [-0.2, 0) is 23.9 Å². The molecule has 140 valence electrons. The molecule has 0 fully saturated rings. The molecule has 0 bridgehead atoms. The molecular weight excluding hydrogens is 336 g/mol. The highest BCUT2D eigenvalue weighted by Gasteiger charge is 2.32. The zero-order chi connectivity index (χ0) is 19.1.